The van der Waals surface area contributed by atoms with Crippen LogP contribution in [0.1, 0.15) is 65.5 Å². The van der Waals surface area contributed by atoms with Crippen LogP contribution >= 0.6 is 0 Å². The smallest absolute Gasteiger partial charge is 0.339 e. The van der Waals surface area contributed by atoms with E-state index < -0.39 is 10.9 Å². The maximum atomic E-state index is 13.4. The third-order valence-electron chi connectivity index (χ3n) is 6.78. The maximum absolute atomic E-state index is 13.4. The fourth-order valence-corrected chi connectivity index (χ4v) is 4.73. The third kappa shape index (κ3) is 5.00. The number of benzene rings is 3. The number of para-hydroxylation sites is 1. The molecule has 1 heterocycles. The Kier molecular flexibility index (Phi) is 6.34. The second kappa shape index (κ2) is 9.62. The number of pyridine rings is 1. The molecule has 0 saturated carbocycles. The molecule has 3 aromatic carbocycles. The fraction of sp³-hybridized carbons (Fsp3) is 0.226. The monoisotopic (exact) mass is 492 g/mol. The number of allylic oxidation sites excluding steroid dienone is 1. The lowest BCUT2D eigenvalue weighted by atomic mass is 9.86. The van der Waals surface area contributed by atoms with Crippen LogP contribution in [0, 0.1) is 10.1 Å². The van der Waals surface area contributed by atoms with Gasteiger partial charge in [-0.3, -0.25) is 10.1 Å². The van der Waals surface area contributed by atoms with Gasteiger partial charge in [0.05, 0.1) is 21.7 Å². The molecule has 0 fully saturated rings. The van der Waals surface area contributed by atoms with Crippen molar-refractivity contribution in [3.05, 3.63) is 116 Å². The lowest BCUT2D eigenvalue weighted by Gasteiger charge is -2.18. The summed E-state index contributed by atoms with van der Waals surface area (Å²) in [7, 11) is 0. The minimum absolute atomic E-state index is 0.000358. The highest BCUT2D eigenvalue weighted by atomic mass is 16.6. The zero-order chi connectivity index (χ0) is 26.2. The normalized spacial score (nSPS) is 14.1. The number of carbonyl (C=O) groups is 1. The number of rotatable bonds is 5. The standard InChI is InChI=1S/C31H28N2O4/c1-31(2,3)23-13-8-20(9-14-23)18-22-12-17-26-28(25-6-4-5-7-27(25)32-29(22)26)30(34)37-19-21-10-15-24(16-11-21)33(35)36/h4-11,13-16,18H,12,17,19H2,1-3H3. The zero-order valence-electron chi connectivity index (χ0n) is 21.2. The van der Waals surface area contributed by atoms with Gasteiger partial charge in [-0.15, -0.1) is 0 Å². The molecule has 37 heavy (non-hydrogen) atoms. The van der Waals surface area contributed by atoms with E-state index in [4.69, 9.17) is 9.72 Å². The highest BCUT2D eigenvalue weighted by Gasteiger charge is 2.27. The van der Waals surface area contributed by atoms with Crippen molar-refractivity contribution in [2.24, 2.45) is 0 Å². The molecule has 1 aliphatic carbocycles. The predicted octanol–water partition coefficient (Wildman–Crippen LogP) is 7.28. The van der Waals surface area contributed by atoms with Gasteiger partial charge in [0.2, 0.25) is 0 Å². The Labute approximate surface area is 215 Å². The number of hydrogen-bond donors (Lipinski definition) is 0. The van der Waals surface area contributed by atoms with Crippen LogP contribution in [-0.2, 0) is 23.2 Å². The molecule has 0 amide bonds. The Morgan fingerprint density at radius 2 is 1.70 bits per heavy atom. The van der Waals surface area contributed by atoms with Crippen LogP contribution in [0.5, 0.6) is 0 Å². The zero-order valence-corrected chi connectivity index (χ0v) is 21.2. The highest BCUT2D eigenvalue weighted by molar-refractivity contribution is 6.07. The van der Waals surface area contributed by atoms with E-state index in [-0.39, 0.29) is 17.7 Å². The first kappa shape index (κ1) is 24.4. The van der Waals surface area contributed by atoms with Crippen molar-refractivity contribution >= 4 is 34.2 Å². The first-order valence-electron chi connectivity index (χ1n) is 12.3. The summed E-state index contributed by atoms with van der Waals surface area (Å²) in [6.45, 7) is 6.63. The molecule has 4 aromatic rings. The summed E-state index contributed by atoms with van der Waals surface area (Å²) >= 11 is 0. The van der Waals surface area contributed by atoms with Crippen LogP contribution in [0.3, 0.4) is 0 Å². The molecule has 0 aliphatic heterocycles. The van der Waals surface area contributed by atoms with E-state index in [9.17, 15) is 14.9 Å². The molecule has 6 heteroatoms. The topological polar surface area (TPSA) is 82.3 Å². The molecule has 5 rings (SSSR count). The number of esters is 1. The van der Waals surface area contributed by atoms with Gasteiger partial charge in [0.15, 0.2) is 0 Å². The van der Waals surface area contributed by atoms with Crippen LogP contribution in [-0.4, -0.2) is 15.9 Å². The number of nitrogens with zero attached hydrogens (tertiary/aromatic N) is 2. The van der Waals surface area contributed by atoms with Crippen LogP contribution in [0.25, 0.3) is 22.6 Å². The van der Waals surface area contributed by atoms with E-state index in [0.717, 1.165) is 39.7 Å². The van der Waals surface area contributed by atoms with Gasteiger partial charge in [0.1, 0.15) is 6.61 Å². The van der Waals surface area contributed by atoms with E-state index in [1.54, 1.807) is 12.1 Å². The van der Waals surface area contributed by atoms with Gasteiger partial charge in [-0.05, 0) is 70.4 Å². The molecule has 0 unspecified atom stereocenters. The average molecular weight is 493 g/mol. The van der Waals surface area contributed by atoms with Crippen LogP contribution in [0.15, 0.2) is 72.8 Å². The maximum Gasteiger partial charge on any atom is 0.339 e. The summed E-state index contributed by atoms with van der Waals surface area (Å²) in [5.41, 5.74) is 7.33. The number of aromatic nitrogens is 1. The van der Waals surface area contributed by atoms with Crippen LogP contribution < -0.4 is 0 Å². The quantitative estimate of drug-likeness (QED) is 0.166. The second-order valence-corrected chi connectivity index (χ2v) is 10.4. The summed E-state index contributed by atoms with van der Waals surface area (Å²) in [6, 6.07) is 22.2. The molecular weight excluding hydrogens is 464 g/mol. The van der Waals surface area contributed by atoms with Gasteiger partial charge in [-0.25, -0.2) is 9.78 Å². The van der Waals surface area contributed by atoms with Crippen molar-refractivity contribution in [3.63, 3.8) is 0 Å². The Balaban J connectivity index is 1.47. The molecule has 1 aromatic heterocycles. The molecular formula is C31H28N2O4. The molecule has 0 saturated heterocycles. The number of hydrogen-bond acceptors (Lipinski definition) is 5. The van der Waals surface area contributed by atoms with Crippen molar-refractivity contribution in [1.29, 1.82) is 0 Å². The van der Waals surface area contributed by atoms with Crippen molar-refractivity contribution in [2.45, 2.75) is 45.6 Å². The largest absolute Gasteiger partial charge is 0.457 e. The van der Waals surface area contributed by atoms with Crippen LogP contribution in [0.2, 0.25) is 0 Å². The van der Waals surface area contributed by atoms with Gasteiger partial charge in [-0.2, -0.15) is 0 Å². The van der Waals surface area contributed by atoms with Crippen molar-refractivity contribution in [1.82, 2.24) is 4.98 Å². The Morgan fingerprint density at radius 1 is 1.00 bits per heavy atom. The summed E-state index contributed by atoms with van der Waals surface area (Å²) in [5, 5.41) is 11.7. The number of nitro benzene ring substituents is 1. The van der Waals surface area contributed by atoms with Gasteiger partial charge < -0.3 is 4.74 Å². The minimum Gasteiger partial charge on any atom is -0.457 e. The molecule has 0 atom stereocenters. The molecule has 0 bridgehead atoms. The number of fused-ring (bicyclic) bond motifs is 2. The summed E-state index contributed by atoms with van der Waals surface area (Å²) in [6.07, 6.45) is 3.66. The van der Waals surface area contributed by atoms with E-state index in [1.165, 1.54) is 17.7 Å². The molecule has 1 aliphatic rings. The van der Waals surface area contributed by atoms with Crippen molar-refractivity contribution < 1.29 is 14.5 Å². The average Bonchev–Trinajstić information content (AvgIpc) is 3.27. The number of carbonyl (C=O) groups excluding carboxylic acids is 1. The molecule has 0 radical (unpaired) electrons. The molecule has 6 nitrogen and oxygen atoms in total. The summed E-state index contributed by atoms with van der Waals surface area (Å²) in [4.78, 5) is 28.8. The highest BCUT2D eigenvalue weighted by Crippen LogP contribution is 2.38. The first-order valence-corrected chi connectivity index (χ1v) is 12.3. The Bertz CT molecular complexity index is 1530. The van der Waals surface area contributed by atoms with Crippen LogP contribution in [0.4, 0.5) is 5.69 Å². The van der Waals surface area contributed by atoms with Crippen molar-refractivity contribution in [2.75, 3.05) is 0 Å². The lowest BCUT2D eigenvalue weighted by Crippen LogP contribution is -2.10. The first-order chi connectivity index (χ1) is 17.7. The lowest BCUT2D eigenvalue weighted by molar-refractivity contribution is -0.384. The summed E-state index contributed by atoms with van der Waals surface area (Å²) in [5.74, 6) is -0.413. The third-order valence-corrected chi connectivity index (χ3v) is 6.78. The van der Waals surface area contributed by atoms with E-state index >= 15 is 0 Å². The van der Waals surface area contributed by atoms with Gasteiger partial charge in [-0.1, -0.05) is 63.2 Å². The number of nitro groups is 1. The second-order valence-electron chi connectivity index (χ2n) is 10.4. The number of non-ortho nitro benzene ring substituents is 1. The Morgan fingerprint density at radius 3 is 2.38 bits per heavy atom. The summed E-state index contributed by atoms with van der Waals surface area (Å²) < 4.78 is 5.69. The fourth-order valence-electron chi connectivity index (χ4n) is 4.73. The van der Waals surface area contributed by atoms with Gasteiger partial charge in [0.25, 0.3) is 5.69 Å². The Hall–Kier alpha value is -4.32. The van der Waals surface area contributed by atoms with E-state index in [2.05, 4.69) is 51.1 Å². The SMILES string of the molecule is CC(C)(C)c1ccc(C=C2CCc3c2nc2ccccc2c3C(=O)OCc2ccc([N+](=O)[O-])cc2)cc1. The minimum atomic E-state index is -0.452. The van der Waals surface area contributed by atoms with E-state index in [1.807, 2.05) is 24.3 Å². The molecule has 0 N–H and O–H groups in total. The van der Waals surface area contributed by atoms with Gasteiger partial charge >= 0.3 is 5.97 Å². The number of ether oxygens (including phenoxy) is 1. The molecule has 186 valence electrons. The predicted molar refractivity (Wildman–Crippen MR) is 145 cm³/mol. The van der Waals surface area contributed by atoms with Crippen molar-refractivity contribution in [3.8, 4) is 0 Å². The van der Waals surface area contributed by atoms with Gasteiger partial charge in [0, 0.05) is 17.5 Å². The van der Waals surface area contributed by atoms with E-state index in [0.29, 0.717) is 17.5 Å². The molecule has 0 spiro atoms.